The average Bonchev–Trinajstić information content (AvgIpc) is 3.12. The first-order valence-corrected chi connectivity index (χ1v) is 14.9. The molecule has 3 aromatic carbocycles. The lowest BCUT2D eigenvalue weighted by atomic mass is 10.1. The van der Waals surface area contributed by atoms with Crippen LogP contribution in [-0.2, 0) is 11.4 Å². The highest BCUT2D eigenvalue weighted by atomic mass is 35.5. The molecule has 1 amide bonds. The van der Waals surface area contributed by atoms with Crippen LogP contribution in [0.15, 0.2) is 71.9 Å². The highest BCUT2D eigenvalue weighted by Crippen LogP contribution is 2.46. The Morgan fingerprint density at radius 1 is 1.05 bits per heavy atom. The number of benzene rings is 3. The molecule has 4 aromatic rings. The maximum absolute atomic E-state index is 13.2. The molecule has 0 unspecified atom stereocenters. The predicted molar refractivity (Wildman–Crippen MR) is 161 cm³/mol. The fourth-order valence-corrected chi connectivity index (χ4v) is 5.64. The Hall–Kier alpha value is -3.82. The van der Waals surface area contributed by atoms with Gasteiger partial charge >= 0.3 is 0 Å². The summed E-state index contributed by atoms with van der Waals surface area (Å²) in [6, 6.07) is 20.8. The molecule has 5 rings (SSSR count). The van der Waals surface area contributed by atoms with Gasteiger partial charge in [0.2, 0.25) is 23.2 Å². The second-order valence-corrected chi connectivity index (χ2v) is 10.8. The summed E-state index contributed by atoms with van der Waals surface area (Å²) in [4.78, 5) is 19.5. The number of aromatic nitrogens is 3. The number of thioether (sulfide) groups is 1. The van der Waals surface area contributed by atoms with Crippen molar-refractivity contribution in [3.05, 3.63) is 82.9 Å². The molecule has 41 heavy (non-hydrogen) atoms. The molecule has 0 bridgehead atoms. The Morgan fingerprint density at radius 3 is 2.59 bits per heavy atom. The molecular weight excluding hydrogens is 560 g/mol. The Morgan fingerprint density at radius 2 is 1.83 bits per heavy atom. The number of hydrogen-bond donors (Lipinski definition) is 0. The molecular formula is C31H31ClN4O4S. The van der Waals surface area contributed by atoms with Crippen molar-refractivity contribution < 1.29 is 19.0 Å². The lowest BCUT2D eigenvalue weighted by molar-refractivity contribution is -0.118. The smallest absolute Gasteiger partial charge is 0.247 e. The van der Waals surface area contributed by atoms with Crippen molar-refractivity contribution in [3.8, 4) is 28.6 Å². The van der Waals surface area contributed by atoms with Crippen LogP contribution in [0, 0.1) is 0 Å². The molecule has 0 fully saturated rings. The number of ether oxygens (including phenoxy) is 3. The summed E-state index contributed by atoms with van der Waals surface area (Å²) in [5, 5.41) is 9.68. The Kier molecular flexibility index (Phi) is 9.26. The van der Waals surface area contributed by atoms with Gasteiger partial charge in [0, 0.05) is 23.8 Å². The number of fused-ring (bicyclic) bond motifs is 3. The number of nitrogens with zero attached hydrogens (tertiary/aromatic N) is 4. The summed E-state index contributed by atoms with van der Waals surface area (Å²) in [5.41, 5.74) is 3.39. The van der Waals surface area contributed by atoms with Crippen LogP contribution in [0.25, 0.3) is 11.3 Å². The number of carbonyl (C=O) groups excluding carboxylic acids is 1. The first-order valence-electron chi connectivity index (χ1n) is 13.6. The van der Waals surface area contributed by atoms with E-state index in [0.717, 1.165) is 24.2 Å². The number of anilines is 1. The van der Waals surface area contributed by atoms with Crippen molar-refractivity contribution in [1.29, 1.82) is 0 Å². The molecule has 0 saturated heterocycles. The normalized spacial score (nSPS) is 14.0. The van der Waals surface area contributed by atoms with Crippen molar-refractivity contribution in [3.63, 3.8) is 0 Å². The van der Waals surface area contributed by atoms with Gasteiger partial charge in [0.25, 0.3) is 0 Å². The van der Waals surface area contributed by atoms with Gasteiger partial charge in [-0.25, -0.2) is 0 Å². The molecule has 1 aliphatic rings. The van der Waals surface area contributed by atoms with Crippen LogP contribution in [0.1, 0.15) is 51.0 Å². The number of amides is 1. The molecule has 0 aliphatic carbocycles. The van der Waals surface area contributed by atoms with E-state index in [1.807, 2.05) is 61.5 Å². The summed E-state index contributed by atoms with van der Waals surface area (Å²) in [6.45, 7) is 6.23. The maximum Gasteiger partial charge on any atom is 0.247 e. The summed E-state index contributed by atoms with van der Waals surface area (Å²) < 4.78 is 18.6. The number of unbranched alkanes of at least 4 members (excludes halogenated alkanes) is 1. The Balaban J connectivity index is 1.58. The summed E-state index contributed by atoms with van der Waals surface area (Å²) in [6.07, 6.45) is 1.20. The van der Waals surface area contributed by atoms with Gasteiger partial charge < -0.3 is 14.2 Å². The number of para-hydroxylation sites is 1. The fourth-order valence-electron chi connectivity index (χ4n) is 4.50. The lowest BCUT2D eigenvalue weighted by Gasteiger charge is -2.30. The van der Waals surface area contributed by atoms with Crippen molar-refractivity contribution in [1.82, 2.24) is 15.2 Å². The van der Waals surface area contributed by atoms with Gasteiger partial charge in [-0.15, -0.1) is 10.2 Å². The molecule has 0 spiro atoms. The SMILES string of the molecule is CCCCSc1nnc2c(n1)O[C@H](c1cc(Cl)c(OCc3ccccc3)c(OCC)c1)N(C(C)=O)c1ccccc1-2. The molecule has 10 heteroatoms. The van der Waals surface area contributed by atoms with Gasteiger partial charge in [-0.2, -0.15) is 4.98 Å². The third-order valence-electron chi connectivity index (χ3n) is 6.42. The number of halogens is 1. The average molecular weight is 591 g/mol. The highest BCUT2D eigenvalue weighted by molar-refractivity contribution is 7.99. The Bertz CT molecular complexity index is 1520. The topological polar surface area (TPSA) is 86.7 Å². The zero-order chi connectivity index (χ0) is 28.8. The summed E-state index contributed by atoms with van der Waals surface area (Å²) >= 11 is 8.34. The zero-order valence-electron chi connectivity index (χ0n) is 23.2. The monoisotopic (exact) mass is 590 g/mol. The van der Waals surface area contributed by atoms with Crippen LogP contribution in [0.3, 0.4) is 0 Å². The van der Waals surface area contributed by atoms with E-state index < -0.39 is 6.23 Å². The zero-order valence-corrected chi connectivity index (χ0v) is 24.7. The summed E-state index contributed by atoms with van der Waals surface area (Å²) in [7, 11) is 0. The minimum absolute atomic E-state index is 0.223. The largest absolute Gasteiger partial charge is 0.490 e. The van der Waals surface area contributed by atoms with Gasteiger partial charge in [-0.05, 0) is 37.1 Å². The highest BCUT2D eigenvalue weighted by Gasteiger charge is 2.35. The van der Waals surface area contributed by atoms with E-state index in [-0.39, 0.29) is 5.91 Å². The molecule has 2 heterocycles. The number of carbonyl (C=O) groups is 1. The van der Waals surface area contributed by atoms with E-state index in [4.69, 9.17) is 30.8 Å². The molecule has 1 aliphatic heterocycles. The van der Waals surface area contributed by atoms with Crippen molar-refractivity contribution in [2.75, 3.05) is 17.3 Å². The summed E-state index contributed by atoms with van der Waals surface area (Å²) in [5.74, 6) is 1.81. The quantitative estimate of drug-likeness (QED) is 0.139. The first-order chi connectivity index (χ1) is 20.0. The maximum atomic E-state index is 13.2. The minimum atomic E-state index is -0.903. The predicted octanol–water partition coefficient (Wildman–Crippen LogP) is 7.51. The van der Waals surface area contributed by atoms with Crippen LogP contribution in [0.5, 0.6) is 17.4 Å². The van der Waals surface area contributed by atoms with Crippen LogP contribution >= 0.6 is 23.4 Å². The van der Waals surface area contributed by atoms with Crippen LogP contribution in [-0.4, -0.2) is 33.4 Å². The van der Waals surface area contributed by atoms with E-state index >= 15 is 0 Å². The minimum Gasteiger partial charge on any atom is -0.490 e. The lowest BCUT2D eigenvalue weighted by Crippen LogP contribution is -2.36. The van der Waals surface area contributed by atoms with Crippen molar-refractivity contribution in [2.45, 2.75) is 51.6 Å². The van der Waals surface area contributed by atoms with Gasteiger partial charge in [0.15, 0.2) is 17.2 Å². The molecule has 0 N–H and O–H groups in total. The molecule has 0 radical (unpaired) electrons. The standard InChI is InChI=1S/C31H31ClN4O4S/c1-4-6-16-41-31-33-29-27(34-35-31)23-14-10-11-15-25(23)36(20(3)37)30(40-29)22-17-24(32)28(26(18-22)38-5-2)39-19-21-12-8-7-9-13-21/h7-15,17-18,30H,4-6,16,19H2,1-3H3/t30-/m1/s1. The van der Waals surface area contributed by atoms with E-state index in [2.05, 4.69) is 17.1 Å². The first kappa shape index (κ1) is 28.7. The van der Waals surface area contributed by atoms with Gasteiger partial charge in [0.05, 0.1) is 17.3 Å². The van der Waals surface area contributed by atoms with Gasteiger partial charge in [-0.3, -0.25) is 9.69 Å². The second-order valence-electron chi connectivity index (χ2n) is 9.36. The van der Waals surface area contributed by atoms with Crippen LogP contribution in [0.2, 0.25) is 5.02 Å². The molecule has 8 nitrogen and oxygen atoms in total. The van der Waals surface area contributed by atoms with Crippen molar-refractivity contribution in [2.24, 2.45) is 0 Å². The van der Waals surface area contributed by atoms with Crippen molar-refractivity contribution >= 4 is 35.0 Å². The van der Waals surface area contributed by atoms with Crippen LogP contribution < -0.4 is 19.1 Å². The molecule has 212 valence electrons. The van der Waals surface area contributed by atoms with E-state index in [1.165, 1.54) is 18.7 Å². The van der Waals surface area contributed by atoms with Crippen LogP contribution in [0.4, 0.5) is 5.69 Å². The van der Waals surface area contributed by atoms with E-state index in [0.29, 0.717) is 63.3 Å². The molecule has 0 saturated carbocycles. The number of hydrogen-bond acceptors (Lipinski definition) is 8. The fraction of sp³-hybridized carbons (Fsp3) is 0.290. The third kappa shape index (κ3) is 6.41. The number of rotatable bonds is 10. The Labute approximate surface area is 249 Å². The van der Waals surface area contributed by atoms with E-state index in [9.17, 15) is 4.79 Å². The van der Waals surface area contributed by atoms with E-state index in [1.54, 1.807) is 17.0 Å². The van der Waals surface area contributed by atoms with Gasteiger partial charge in [-0.1, -0.05) is 85.2 Å². The van der Waals surface area contributed by atoms with Gasteiger partial charge in [0.1, 0.15) is 6.61 Å². The molecule has 1 atom stereocenters. The second kappa shape index (κ2) is 13.2. The molecule has 1 aromatic heterocycles. The third-order valence-corrected chi connectivity index (χ3v) is 7.63.